The fraction of sp³-hybridized carbons (Fsp3) is 0.700. The zero-order valence-corrected chi connectivity index (χ0v) is 7.68. The molecule has 0 N–H and O–H groups in total. The number of hydrogen-bond donors (Lipinski definition) is 0. The smallest absolute Gasteiger partial charge is 0.0805 e. The molecule has 65 valence electrons. The van der Waals surface area contributed by atoms with Gasteiger partial charge in [-0.15, -0.1) is 6.58 Å². The van der Waals surface area contributed by atoms with Gasteiger partial charge < -0.3 is 4.74 Å². The molecule has 0 aliphatic heterocycles. The molecule has 0 bridgehead atoms. The number of hydrogen-bond acceptors (Lipinski definition) is 1. The van der Waals surface area contributed by atoms with Crippen LogP contribution in [-0.2, 0) is 4.74 Å². The van der Waals surface area contributed by atoms with Crippen LogP contribution in [0, 0.1) is 12.5 Å². The second-order valence-electron chi connectivity index (χ2n) is 2.82. The second kappa shape index (κ2) is 7.80. The number of unbranched alkanes of at least 4 members (excludes halogenated alkanes) is 1. The zero-order valence-electron chi connectivity index (χ0n) is 7.68. The van der Waals surface area contributed by atoms with E-state index in [-0.39, 0.29) is 0 Å². The Hall–Kier alpha value is -0.300. The minimum atomic E-state index is 0.653. The average Bonchev–Trinajstić information content (AvgIpc) is 2.04. The van der Waals surface area contributed by atoms with Crippen LogP contribution in [0.5, 0.6) is 0 Å². The summed E-state index contributed by atoms with van der Waals surface area (Å²) >= 11 is 0. The predicted octanol–water partition coefficient (Wildman–Crippen LogP) is 3.18. The number of rotatable bonds is 7. The summed E-state index contributed by atoms with van der Waals surface area (Å²) in [6.45, 7) is 10.5. The fourth-order valence-electron chi connectivity index (χ4n) is 0.887. The summed E-state index contributed by atoms with van der Waals surface area (Å²) in [6.07, 6.45) is 5.63. The molecule has 1 nitrogen and oxygen atoms in total. The molecule has 0 aliphatic rings. The quantitative estimate of drug-likeness (QED) is 0.405. The van der Waals surface area contributed by atoms with Gasteiger partial charge in [-0.05, 0) is 25.7 Å². The lowest BCUT2D eigenvalue weighted by molar-refractivity contribution is 0.197. The highest BCUT2D eigenvalue weighted by atomic mass is 16.5. The van der Waals surface area contributed by atoms with E-state index in [1.165, 1.54) is 12.8 Å². The van der Waals surface area contributed by atoms with Crippen LogP contribution >= 0.6 is 0 Å². The molecule has 0 aromatic rings. The van der Waals surface area contributed by atoms with Gasteiger partial charge in [-0.25, -0.2) is 0 Å². The van der Waals surface area contributed by atoms with E-state index in [0.29, 0.717) is 5.92 Å². The van der Waals surface area contributed by atoms with Crippen molar-refractivity contribution in [2.24, 2.45) is 5.92 Å². The van der Waals surface area contributed by atoms with Crippen LogP contribution in [0.1, 0.15) is 33.1 Å². The maximum Gasteiger partial charge on any atom is 0.0805 e. The molecular weight excluding hydrogens is 136 g/mol. The Labute approximate surface area is 70.4 Å². The first-order chi connectivity index (χ1) is 5.31. The fourth-order valence-corrected chi connectivity index (χ4v) is 0.887. The summed E-state index contributed by atoms with van der Waals surface area (Å²) in [6, 6.07) is 0. The van der Waals surface area contributed by atoms with Gasteiger partial charge in [0.05, 0.1) is 6.61 Å². The van der Waals surface area contributed by atoms with Crippen molar-refractivity contribution in [3.63, 3.8) is 0 Å². The molecule has 0 heterocycles. The summed E-state index contributed by atoms with van der Waals surface area (Å²) in [5.41, 5.74) is 0. The Bertz CT molecular complexity index is 88.9. The first-order valence-corrected chi connectivity index (χ1v) is 4.33. The van der Waals surface area contributed by atoms with Crippen molar-refractivity contribution < 1.29 is 4.74 Å². The summed E-state index contributed by atoms with van der Waals surface area (Å²) in [5.74, 6) is 0.653. The van der Waals surface area contributed by atoms with E-state index in [2.05, 4.69) is 13.5 Å². The maximum atomic E-state index is 5.10. The Morgan fingerprint density at radius 1 is 1.45 bits per heavy atom. The molecule has 0 spiro atoms. The Balaban J connectivity index is 2.95. The van der Waals surface area contributed by atoms with Crippen molar-refractivity contribution in [1.29, 1.82) is 0 Å². The molecule has 1 radical (unpaired) electrons. The van der Waals surface area contributed by atoms with Gasteiger partial charge in [-0.2, -0.15) is 0 Å². The molecule has 0 rings (SSSR count). The molecule has 1 heteroatoms. The molecule has 0 saturated carbocycles. The highest BCUT2D eigenvalue weighted by molar-refractivity contribution is 4.74. The topological polar surface area (TPSA) is 9.23 Å². The molecule has 11 heavy (non-hydrogen) atoms. The van der Waals surface area contributed by atoms with Gasteiger partial charge >= 0.3 is 0 Å². The maximum absolute atomic E-state index is 5.10. The number of allylic oxidation sites excluding steroid dienone is 1. The van der Waals surface area contributed by atoms with Crippen LogP contribution in [0.4, 0.5) is 0 Å². The first kappa shape index (κ1) is 10.7. The van der Waals surface area contributed by atoms with Crippen LogP contribution < -0.4 is 0 Å². The van der Waals surface area contributed by atoms with Gasteiger partial charge in [-0.1, -0.05) is 19.4 Å². The van der Waals surface area contributed by atoms with Crippen molar-refractivity contribution in [2.75, 3.05) is 6.61 Å². The molecule has 0 aliphatic carbocycles. The van der Waals surface area contributed by atoms with E-state index in [1.807, 2.05) is 13.0 Å². The SMILES string of the molecule is C=CC(C)CCCCO[CH]C. The Kier molecular flexibility index (Phi) is 7.59. The molecule has 1 unspecified atom stereocenters. The molecule has 0 fully saturated rings. The predicted molar refractivity (Wildman–Crippen MR) is 49.1 cm³/mol. The molecule has 1 atom stereocenters. The monoisotopic (exact) mass is 155 g/mol. The third-order valence-electron chi connectivity index (χ3n) is 1.74. The zero-order chi connectivity index (χ0) is 8.53. The van der Waals surface area contributed by atoms with Crippen LogP contribution in [-0.4, -0.2) is 6.61 Å². The van der Waals surface area contributed by atoms with Gasteiger partial charge in [0.15, 0.2) is 0 Å². The summed E-state index contributed by atoms with van der Waals surface area (Å²) in [7, 11) is 0. The molecule has 0 aromatic carbocycles. The first-order valence-electron chi connectivity index (χ1n) is 4.33. The van der Waals surface area contributed by atoms with Gasteiger partial charge in [-0.3, -0.25) is 0 Å². The highest BCUT2D eigenvalue weighted by Gasteiger charge is 1.94. The van der Waals surface area contributed by atoms with E-state index in [4.69, 9.17) is 4.74 Å². The number of ether oxygens (including phenoxy) is 1. The lowest BCUT2D eigenvalue weighted by atomic mass is 10.1. The minimum Gasteiger partial charge on any atom is -0.376 e. The van der Waals surface area contributed by atoms with Gasteiger partial charge in [0.1, 0.15) is 0 Å². The lowest BCUT2D eigenvalue weighted by Gasteiger charge is -2.04. The van der Waals surface area contributed by atoms with E-state index in [9.17, 15) is 0 Å². The van der Waals surface area contributed by atoms with Crippen molar-refractivity contribution >= 4 is 0 Å². The van der Waals surface area contributed by atoms with E-state index >= 15 is 0 Å². The van der Waals surface area contributed by atoms with E-state index < -0.39 is 0 Å². The lowest BCUT2D eigenvalue weighted by Crippen LogP contribution is -1.93. The third-order valence-corrected chi connectivity index (χ3v) is 1.74. The Morgan fingerprint density at radius 2 is 2.18 bits per heavy atom. The van der Waals surface area contributed by atoms with Gasteiger partial charge in [0.25, 0.3) is 0 Å². The van der Waals surface area contributed by atoms with Crippen molar-refractivity contribution in [1.82, 2.24) is 0 Å². The minimum absolute atomic E-state index is 0.653. The van der Waals surface area contributed by atoms with Gasteiger partial charge in [0.2, 0.25) is 0 Å². The normalized spacial score (nSPS) is 12.9. The van der Waals surface area contributed by atoms with Crippen molar-refractivity contribution in [3.8, 4) is 0 Å². The molecule has 0 saturated heterocycles. The summed E-state index contributed by atoms with van der Waals surface area (Å²) in [5, 5.41) is 0. The van der Waals surface area contributed by atoms with Crippen LogP contribution in [0.15, 0.2) is 12.7 Å². The van der Waals surface area contributed by atoms with Crippen LogP contribution in [0.25, 0.3) is 0 Å². The average molecular weight is 155 g/mol. The van der Waals surface area contributed by atoms with E-state index in [1.54, 1.807) is 6.61 Å². The van der Waals surface area contributed by atoms with E-state index in [0.717, 1.165) is 13.0 Å². The summed E-state index contributed by atoms with van der Waals surface area (Å²) < 4.78 is 5.10. The largest absolute Gasteiger partial charge is 0.376 e. The Morgan fingerprint density at radius 3 is 2.73 bits per heavy atom. The standard InChI is InChI=1S/C10H19O/c1-4-10(3)8-6-7-9-11-5-2/h4-5,10H,1,6-9H2,2-3H3. The molecule has 0 amide bonds. The van der Waals surface area contributed by atoms with Crippen molar-refractivity contribution in [3.05, 3.63) is 19.3 Å². The van der Waals surface area contributed by atoms with Crippen LogP contribution in [0.3, 0.4) is 0 Å². The highest BCUT2D eigenvalue weighted by Crippen LogP contribution is 2.07. The molecule has 0 aromatic heterocycles. The van der Waals surface area contributed by atoms with Gasteiger partial charge in [0, 0.05) is 6.61 Å². The van der Waals surface area contributed by atoms with Crippen molar-refractivity contribution in [2.45, 2.75) is 33.1 Å². The third kappa shape index (κ3) is 7.60. The van der Waals surface area contributed by atoms with Crippen LogP contribution in [0.2, 0.25) is 0 Å². The second-order valence-corrected chi connectivity index (χ2v) is 2.82. The molecular formula is C10H19O. The summed E-state index contributed by atoms with van der Waals surface area (Å²) in [4.78, 5) is 0.